The van der Waals surface area contributed by atoms with E-state index in [1.807, 2.05) is 48.5 Å². The zero-order valence-electron chi connectivity index (χ0n) is 17.1. The number of fused-ring (bicyclic) bond motifs is 2. The fraction of sp³-hybridized carbons (Fsp3) is 0.174. The smallest absolute Gasteiger partial charge is 0.332 e. The third-order valence-corrected chi connectivity index (χ3v) is 6.58. The Morgan fingerprint density at radius 2 is 1.58 bits per heavy atom. The minimum absolute atomic E-state index is 0.114. The Hall–Kier alpha value is -3.39. The summed E-state index contributed by atoms with van der Waals surface area (Å²) in [5.74, 6) is -0.768. The molecule has 1 aliphatic rings. The number of benzene rings is 2. The molecule has 1 N–H and O–H groups in total. The average molecular weight is 479 g/mol. The van der Waals surface area contributed by atoms with Gasteiger partial charge in [0, 0.05) is 36.9 Å². The Bertz CT molecular complexity index is 1490. The van der Waals surface area contributed by atoms with Gasteiger partial charge < -0.3 is 9.88 Å². The van der Waals surface area contributed by atoms with Crippen LogP contribution >= 0.6 is 15.9 Å². The number of halogens is 1. The van der Waals surface area contributed by atoms with E-state index in [-0.39, 0.29) is 5.91 Å². The van der Waals surface area contributed by atoms with Gasteiger partial charge in [-0.25, -0.2) is 4.79 Å². The Labute approximate surface area is 185 Å². The van der Waals surface area contributed by atoms with E-state index in [9.17, 15) is 14.4 Å². The Morgan fingerprint density at radius 3 is 2.29 bits per heavy atom. The molecule has 8 heteroatoms. The maximum absolute atomic E-state index is 13.4. The number of anilines is 1. The Kier molecular flexibility index (Phi) is 4.30. The van der Waals surface area contributed by atoms with Crippen LogP contribution in [0.3, 0.4) is 0 Å². The quantitative estimate of drug-likeness (QED) is 0.480. The van der Waals surface area contributed by atoms with Crippen molar-refractivity contribution in [3.05, 3.63) is 85.0 Å². The number of carbonyl (C=O) groups excluding carboxylic acids is 1. The number of rotatable bonds is 2. The van der Waals surface area contributed by atoms with Crippen LogP contribution in [0.4, 0.5) is 5.69 Å². The molecule has 0 saturated carbocycles. The molecule has 156 valence electrons. The highest BCUT2D eigenvalue weighted by Crippen LogP contribution is 2.45. The number of likely N-dealkylation sites (N-methyl/N-ethyl adjacent to an activating group) is 1. The molecule has 0 radical (unpaired) electrons. The number of H-pyrrole nitrogens is 1. The first-order valence-electron chi connectivity index (χ1n) is 9.75. The van der Waals surface area contributed by atoms with Crippen molar-refractivity contribution >= 4 is 38.6 Å². The maximum atomic E-state index is 13.4. The van der Waals surface area contributed by atoms with Crippen molar-refractivity contribution < 1.29 is 4.79 Å². The summed E-state index contributed by atoms with van der Waals surface area (Å²) < 4.78 is 3.41. The monoisotopic (exact) mass is 478 g/mol. The third kappa shape index (κ3) is 2.68. The molecule has 1 atom stereocenters. The molecule has 31 heavy (non-hydrogen) atoms. The van der Waals surface area contributed by atoms with Gasteiger partial charge in [-0.3, -0.25) is 18.7 Å². The predicted octanol–water partition coefficient (Wildman–Crippen LogP) is 3.10. The van der Waals surface area contributed by atoms with E-state index in [1.165, 1.54) is 11.6 Å². The second-order valence-electron chi connectivity index (χ2n) is 7.74. The van der Waals surface area contributed by atoms with Gasteiger partial charge in [-0.2, -0.15) is 0 Å². The zero-order chi connectivity index (χ0) is 22.0. The molecule has 0 spiro atoms. The SMILES string of the molecule is CN1C(=O)[C@H](c2c(-c3ccc(Br)cc3)[nH]c3c2c(=O)n(C)c(=O)n3C)c2ccccc21. The molecule has 1 amide bonds. The van der Waals surface area contributed by atoms with Gasteiger partial charge in [0.2, 0.25) is 5.91 Å². The van der Waals surface area contributed by atoms with Gasteiger partial charge in [0.15, 0.2) is 0 Å². The lowest BCUT2D eigenvalue weighted by Crippen LogP contribution is -2.37. The van der Waals surface area contributed by atoms with Crippen LogP contribution in [0.25, 0.3) is 22.3 Å². The van der Waals surface area contributed by atoms with Gasteiger partial charge in [0.25, 0.3) is 5.56 Å². The van der Waals surface area contributed by atoms with E-state index in [2.05, 4.69) is 20.9 Å². The highest BCUT2D eigenvalue weighted by molar-refractivity contribution is 9.10. The van der Waals surface area contributed by atoms with Crippen LogP contribution in [-0.4, -0.2) is 27.1 Å². The standard InChI is InChI=1S/C23H19BrN4O3/c1-26-15-7-5-4-6-14(15)16(21(26)29)17-18-20(27(2)23(31)28(3)22(18)30)25-19(17)12-8-10-13(24)11-9-12/h4-11,16,25H,1-3H3/t16-/m0/s1. The van der Waals surface area contributed by atoms with Crippen LogP contribution in [-0.2, 0) is 18.9 Å². The summed E-state index contributed by atoms with van der Waals surface area (Å²) >= 11 is 3.45. The molecular formula is C23H19BrN4O3. The molecule has 5 rings (SSSR count). The van der Waals surface area contributed by atoms with Gasteiger partial charge >= 0.3 is 5.69 Å². The minimum Gasteiger partial charge on any atom is -0.340 e. The molecule has 0 bridgehead atoms. The van der Waals surface area contributed by atoms with Gasteiger partial charge in [-0.1, -0.05) is 46.3 Å². The van der Waals surface area contributed by atoms with E-state index >= 15 is 0 Å². The third-order valence-electron chi connectivity index (χ3n) is 6.05. The summed E-state index contributed by atoms with van der Waals surface area (Å²) in [7, 11) is 4.81. The van der Waals surface area contributed by atoms with E-state index in [4.69, 9.17) is 0 Å². The molecule has 0 saturated heterocycles. The number of nitrogens with one attached hydrogen (secondary N) is 1. The molecule has 1 aliphatic heterocycles. The molecule has 2 aromatic carbocycles. The van der Waals surface area contributed by atoms with Crippen molar-refractivity contribution in [3.63, 3.8) is 0 Å². The lowest BCUT2D eigenvalue weighted by Gasteiger charge is -2.13. The van der Waals surface area contributed by atoms with E-state index in [1.54, 1.807) is 19.0 Å². The van der Waals surface area contributed by atoms with Gasteiger partial charge in [0.1, 0.15) is 5.65 Å². The van der Waals surface area contributed by atoms with Crippen LogP contribution in [0, 0.1) is 0 Å². The number of nitrogens with zero attached hydrogens (tertiary/aromatic N) is 3. The maximum Gasteiger partial charge on any atom is 0.332 e. The second kappa shape index (κ2) is 6.81. The first-order chi connectivity index (χ1) is 14.8. The average Bonchev–Trinajstić information content (AvgIpc) is 3.27. The lowest BCUT2D eigenvalue weighted by molar-refractivity contribution is -0.118. The summed E-state index contributed by atoms with van der Waals surface area (Å²) in [4.78, 5) is 44.2. The normalized spacial score (nSPS) is 15.7. The summed E-state index contributed by atoms with van der Waals surface area (Å²) in [5.41, 5.74) is 3.28. The summed E-state index contributed by atoms with van der Waals surface area (Å²) in [5, 5.41) is 0.353. The largest absolute Gasteiger partial charge is 0.340 e. The summed E-state index contributed by atoms with van der Waals surface area (Å²) in [6, 6.07) is 15.2. The number of hydrogen-bond donors (Lipinski definition) is 1. The zero-order valence-corrected chi connectivity index (χ0v) is 18.7. The van der Waals surface area contributed by atoms with Crippen molar-refractivity contribution in [1.82, 2.24) is 14.1 Å². The van der Waals surface area contributed by atoms with Gasteiger partial charge in [-0.15, -0.1) is 0 Å². The van der Waals surface area contributed by atoms with Crippen LogP contribution in [0.15, 0.2) is 62.6 Å². The topological polar surface area (TPSA) is 80.1 Å². The highest BCUT2D eigenvalue weighted by atomic mass is 79.9. The number of aromatic amines is 1. The van der Waals surface area contributed by atoms with Crippen LogP contribution < -0.4 is 16.1 Å². The molecular weight excluding hydrogens is 460 g/mol. The molecule has 0 unspecified atom stereocenters. The first-order valence-corrected chi connectivity index (χ1v) is 10.5. The molecule has 0 fully saturated rings. The molecule has 3 heterocycles. The van der Waals surface area contributed by atoms with E-state index in [0.717, 1.165) is 25.9 Å². The number of aryl methyl sites for hydroxylation is 1. The fourth-order valence-corrected chi connectivity index (χ4v) is 4.70. The van der Waals surface area contributed by atoms with Gasteiger partial charge in [0.05, 0.1) is 17.0 Å². The highest BCUT2D eigenvalue weighted by Gasteiger charge is 2.40. The van der Waals surface area contributed by atoms with Crippen molar-refractivity contribution in [1.29, 1.82) is 0 Å². The molecule has 4 aromatic rings. The Morgan fingerprint density at radius 1 is 0.903 bits per heavy atom. The number of carbonyl (C=O) groups is 1. The van der Waals surface area contributed by atoms with Gasteiger partial charge in [-0.05, 0) is 29.3 Å². The van der Waals surface area contributed by atoms with Crippen LogP contribution in [0.2, 0.25) is 0 Å². The van der Waals surface area contributed by atoms with Crippen molar-refractivity contribution in [3.8, 4) is 11.3 Å². The van der Waals surface area contributed by atoms with Crippen LogP contribution in [0.1, 0.15) is 17.0 Å². The number of para-hydroxylation sites is 1. The number of amides is 1. The molecule has 7 nitrogen and oxygen atoms in total. The van der Waals surface area contributed by atoms with E-state index < -0.39 is 17.2 Å². The lowest BCUT2D eigenvalue weighted by atomic mass is 9.89. The number of hydrogen-bond acceptors (Lipinski definition) is 3. The summed E-state index contributed by atoms with van der Waals surface area (Å²) in [6.07, 6.45) is 0. The second-order valence-corrected chi connectivity index (χ2v) is 8.65. The van der Waals surface area contributed by atoms with Crippen molar-refractivity contribution in [2.45, 2.75) is 5.92 Å². The number of aromatic nitrogens is 3. The minimum atomic E-state index is -0.654. The van der Waals surface area contributed by atoms with Crippen molar-refractivity contribution in [2.24, 2.45) is 14.1 Å². The molecule has 0 aliphatic carbocycles. The summed E-state index contributed by atoms with van der Waals surface area (Å²) in [6.45, 7) is 0. The van der Waals surface area contributed by atoms with Crippen LogP contribution in [0.5, 0.6) is 0 Å². The van der Waals surface area contributed by atoms with Crippen molar-refractivity contribution in [2.75, 3.05) is 11.9 Å². The Balaban J connectivity index is 1.95. The molecule has 2 aromatic heterocycles. The predicted molar refractivity (Wildman–Crippen MR) is 124 cm³/mol. The fourth-order valence-electron chi connectivity index (χ4n) is 4.44. The van der Waals surface area contributed by atoms with E-state index in [0.29, 0.717) is 22.3 Å². The first kappa shape index (κ1) is 19.6.